The molecule has 4 rings (SSSR count). The predicted molar refractivity (Wildman–Crippen MR) is 78.7 cm³/mol. The van der Waals surface area contributed by atoms with E-state index in [1.54, 1.807) is 0 Å². The fourth-order valence-corrected chi connectivity index (χ4v) is 3.13. The van der Waals surface area contributed by atoms with Crippen molar-refractivity contribution in [1.82, 2.24) is 0 Å². The summed E-state index contributed by atoms with van der Waals surface area (Å²) in [5.74, 6) is 0.148. The lowest BCUT2D eigenvalue weighted by Gasteiger charge is -2.04. The molecule has 0 atom stereocenters. The number of fused-ring (bicyclic) bond motifs is 5. The highest BCUT2D eigenvalue weighted by Crippen LogP contribution is 2.37. The first-order chi connectivity index (χ1) is 9.81. The monoisotopic (exact) mass is 260 g/mol. The molecule has 0 amide bonds. The number of carbonyl (C=O) groups excluding carboxylic acids is 1. The Morgan fingerprint density at radius 2 is 1.65 bits per heavy atom. The minimum Gasteiger partial charge on any atom is -0.288 e. The van der Waals surface area contributed by atoms with Crippen molar-refractivity contribution in [2.75, 3.05) is 0 Å². The van der Waals surface area contributed by atoms with E-state index in [0.717, 1.165) is 39.7 Å². The van der Waals surface area contributed by atoms with Crippen LogP contribution in [0.3, 0.4) is 0 Å². The van der Waals surface area contributed by atoms with E-state index >= 15 is 0 Å². The van der Waals surface area contributed by atoms with Crippen LogP contribution >= 0.6 is 0 Å². The molecule has 2 nitrogen and oxygen atoms in total. The lowest BCUT2D eigenvalue weighted by molar-refractivity contribution is -0.681. The standard InChI is InChI=1S/C18H14NO/c1-2-19-11-12-7-3-4-8-13(12)16-17(19)14-9-5-6-10-15(14)18(16)20/h3-11H,2H2,1H3/q+1. The first-order valence-corrected chi connectivity index (χ1v) is 6.90. The van der Waals surface area contributed by atoms with E-state index in [1.165, 1.54) is 0 Å². The number of nitrogens with zero attached hydrogens (tertiary/aromatic N) is 1. The Balaban J connectivity index is 2.22. The van der Waals surface area contributed by atoms with Gasteiger partial charge in [-0.05, 0) is 19.1 Å². The molecule has 0 saturated heterocycles. The van der Waals surface area contributed by atoms with Crippen LogP contribution in [0.2, 0.25) is 0 Å². The second-order valence-electron chi connectivity index (χ2n) is 5.10. The largest absolute Gasteiger partial charge is 0.288 e. The summed E-state index contributed by atoms with van der Waals surface area (Å²) in [6.07, 6.45) is 2.14. The van der Waals surface area contributed by atoms with Crippen molar-refractivity contribution in [3.63, 3.8) is 0 Å². The highest BCUT2D eigenvalue weighted by molar-refractivity contribution is 6.25. The Hall–Kier alpha value is -2.48. The molecule has 0 radical (unpaired) electrons. The summed E-state index contributed by atoms with van der Waals surface area (Å²) >= 11 is 0. The van der Waals surface area contributed by atoms with Gasteiger partial charge in [-0.1, -0.05) is 36.4 Å². The summed E-state index contributed by atoms with van der Waals surface area (Å²) < 4.78 is 2.18. The molecule has 1 aliphatic rings. The third-order valence-electron chi connectivity index (χ3n) is 4.04. The fraction of sp³-hybridized carbons (Fsp3) is 0.111. The molecule has 1 aliphatic carbocycles. The van der Waals surface area contributed by atoms with Gasteiger partial charge in [-0.3, -0.25) is 4.79 Å². The van der Waals surface area contributed by atoms with Crippen molar-refractivity contribution in [3.05, 3.63) is 65.9 Å². The number of hydrogen-bond acceptors (Lipinski definition) is 1. The zero-order valence-electron chi connectivity index (χ0n) is 11.3. The normalized spacial score (nSPS) is 12.6. The summed E-state index contributed by atoms with van der Waals surface area (Å²) in [6.45, 7) is 2.97. The van der Waals surface area contributed by atoms with Crippen LogP contribution in [0.4, 0.5) is 0 Å². The van der Waals surface area contributed by atoms with E-state index in [0.29, 0.717) is 0 Å². The Labute approximate surface area is 117 Å². The Kier molecular flexibility index (Phi) is 2.27. The van der Waals surface area contributed by atoms with Gasteiger partial charge in [-0.25, -0.2) is 0 Å². The Morgan fingerprint density at radius 3 is 2.45 bits per heavy atom. The van der Waals surface area contributed by atoms with E-state index in [-0.39, 0.29) is 5.78 Å². The van der Waals surface area contributed by atoms with E-state index in [4.69, 9.17) is 0 Å². The van der Waals surface area contributed by atoms with Crippen molar-refractivity contribution in [3.8, 4) is 11.3 Å². The first-order valence-electron chi connectivity index (χ1n) is 6.90. The van der Waals surface area contributed by atoms with Crippen molar-refractivity contribution < 1.29 is 9.36 Å². The molecule has 0 bridgehead atoms. The van der Waals surface area contributed by atoms with Crippen LogP contribution in [-0.4, -0.2) is 5.78 Å². The zero-order chi connectivity index (χ0) is 13.7. The van der Waals surface area contributed by atoms with Crippen LogP contribution in [-0.2, 0) is 6.54 Å². The quantitative estimate of drug-likeness (QED) is 0.481. The molecule has 0 unspecified atom stereocenters. The molecule has 1 heterocycles. The Morgan fingerprint density at radius 1 is 0.950 bits per heavy atom. The zero-order valence-corrected chi connectivity index (χ0v) is 11.3. The van der Waals surface area contributed by atoms with E-state index in [1.807, 2.05) is 42.5 Å². The molecule has 0 aliphatic heterocycles. The number of aromatic nitrogens is 1. The maximum absolute atomic E-state index is 12.8. The van der Waals surface area contributed by atoms with Gasteiger partial charge >= 0.3 is 0 Å². The average Bonchev–Trinajstić information content (AvgIpc) is 2.81. The molecule has 1 aromatic heterocycles. The van der Waals surface area contributed by atoms with Crippen molar-refractivity contribution in [2.45, 2.75) is 13.5 Å². The summed E-state index contributed by atoms with van der Waals surface area (Å²) in [5.41, 5.74) is 3.79. The minimum atomic E-state index is 0.148. The predicted octanol–water partition coefficient (Wildman–Crippen LogP) is 3.36. The maximum Gasteiger partial charge on any atom is 0.225 e. The molecule has 20 heavy (non-hydrogen) atoms. The smallest absolute Gasteiger partial charge is 0.225 e. The van der Waals surface area contributed by atoms with Gasteiger partial charge in [0.25, 0.3) is 0 Å². The minimum absolute atomic E-state index is 0.148. The van der Waals surface area contributed by atoms with E-state index in [2.05, 4.69) is 23.8 Å². The Bertz CT molecular complexity index is 864. The van der Waals surface area contributed by atoms with E-state index in [9.17, 15) is 4.79 Å². The third kappa shape index (κ3) is 1.33. The molecular weight excluding hydrogens is 246 g/mol. The highest BCUT2D eigenvalue weighted by atomic mass is 16.1. The molecule has 3 aromatic rings. The molecule has 2 heteroatoms. The number of aryl methyl sites for hydroxylation is 1. The van der Waals surface area contributed by atoms with Crippen molar-refractivity contribution >= 4 is 16.6 Å². The van der Waals surface area contributed by atoms with Gasteiger partial charge in [-0.15, -0.1) is 0 Å². The third-order valence-corrected chi connectivity index (χ3v) is 4.04. The molecule has 0 spiro atoms. The van der Waals surface area contributed by atoms with Crippen LogP contribution in [0.25, 0.3) is 22.0 Å². The SMILES string of the molecule is CC[n+]1cc2ccccc2c2c1-c1ccccc1C2=O. The second-order valence-corrected chi connectivity index (χ2v) is 5.10. The van der Waals surface area contributed by atoms with Crippen LogP contribution < -0.4 is 4.57 Å². The number of rotatable bonds is 1. The number of ketones is 1. The van der Waals surface area contributed by atoms with Gasteiger partial charge in [0, 0.05) is 16.3 Å². The van der Waals surface area contributed by atoms with Gasteiger partial charge in [0.1, 0.15) is 12.1 Å². The molecule has 96 valence electrons. The molecule has 2 aromatic carbocycles. The summed E-state index contributed by atoms with van der Waals surface area (Å²) in [5, 5.41) is 2.17. The maximum atomic E-state index is 12.8. The molecule has 0 saturated carbocycles. The summed E-state index contributed by atoms with van der Waals surface area (Å²) in [7, 11) is 0. The first kappa shape index (κ1) is 11.4. The van der Waals surface area contributed by atoms with Gasteiger partial charge in [0.15, 0.2) is 6.20 Å². The lowest BCUT2D eigenvalue weighted by atomic mass is 10.0. The molecular formula is C18H14NO+. The van der Waals surface area contributed by atoms with Crippen LogP contribution in [0, 0.1) is 0 Å². The second kappa shape index (κ2) is 4.01. The number of pyridine rings is 1. The van der Waals surface area contributed by atoms with Crippen LogP contribution in [0.5, 0.6) is 0 Å². The average molecular weight is 260 g/mol. The summed E-state index contributed by atoms with van der Waals surface area (Å²) in [6, 6.07) is 16.0. The van der Waals surface area contributed by atoms with Gasteiger partial charge in [0.05, 0.1) is 5.56 Å². The summed E-state index contributed by atoms with van der Waals surface area (Å²) in [4.78, 5) is 12.8. The van der Waals surface area contributed by atoms with Gasteiger partial charge in [-0.2, -0.15) is 4.57 Å². The topological polar surface area (TPSA) is 20.9 Å². The number of benzene rings is 2. The fourth-order valence-electron chi connectivity index (χ4n) is 3.13. The highest BCUT2D eigenvalue weighted by Gasteiger charge is 2.35. The van der Waals surface area contributed by atoms with Crippen molar-refractivity contribution in [1.29, 1.82) is 0 Å². The molecule has 0 fully saturated rings. The molecule has 0 N–H and O–H groups in total. The van der Waals surface area contributed by atoms with E-state index < -0.39 is 0 Å². The van der Waals surface area contributed by atoms with Crippen molar-refractivity contribution in [2.24, 2.45) is 0 Å². The number of hydrogen-bond donors (Lipinski definition) is 0. The van der Waals surface area contributed by atoms with Crippen LogP contribution in [0.1, 0.15) is 22.8 Å². The van der Waals surface area contributed by atoms with Gasteiger partial charge in [0.2, 0.25) is 11.5 Å². The van der Waals surface area contributed by atoms with Crippen LogP contribution in [0.15, 0.2) is 54.7 Å². The lowest BCUT2D eigenvalue weighted by Crippen LogP contribution is -2.35. The van der Waals surface area contributed by atoms with Gasteiger partial charge < -0.3 is 0 Å². The number of carbonyl (C=O) groups is 1.